The molecule has 0 saturated heterocycles. The molecule has 1 saturated carbocycles. The molecule has 1 N–H and O–H groups in total. The third-order valence-corrected chi connectivity index (χ3v) is 3.99. The van der Waals surface area contributed by atoms with Gasteiger partial charge in [-0.3, -0.25) is 0 Å². The highest BCUT2D eigenvalue weighted by molar-refractivity contribution is 5.27. The lowest BCUT2D eigenvalue weighted by Crippen LogP contribution is -2.27. The summed E-state index contributed by atoms with van der Waals surface area (Å²) in [6, 6.07) is 5.63. The van der Waals surface area contributed by atoms with Gasteiger partial charge in [-0.15, -0.1) is 0 Å². The first-order chi connectivity index (χ1) is 8.22. The van der Waals surface area contributed by atoms with Gasteiger partial charge in [0.25, 0.3) is 0 Å². The maximum atomic E-state index is 13.3. The van der Waals surface area contributed by atoms with Crippen molar-refractivity contribution in [3.63, 3.8) is 0 Å². The topological polar surface area (TPSA) is 12.0 Å². The van der Waals surface area contributed by atoms with Crippen molar-refractivity contribution in [3.05, 3.63) is 35.1 Å². The van der Waals surface area contributed by atoms with E-state index in [-0.39, 0.29) is 5.82 Å². The van der Waals surface area contributed by atoms with Gasteiger partial charge in [0, 0.05) is 0 Å². The largest absolute Gasteiger partial charge is 0.319 e. The van der Waals surface area contributed by atoms with Gasteiger partial charge in [0.05, 0.1) is 0 Å². The van der Waals surface area contributed by atoms with E-state index in [1.165, 1.54) is 31.2 Å². The molecule has 1 nitrogen and oxygen atoms in total. The molecule has 0 heterocycles. The van der Waals surface area contributed by atoms with Crippen molar-refractivity contribution in [2.24, 2.45) is 5.92 Å². The van der Waals surface area contributed by atoms with Crippen LogP contribution in [0.5, 0.6) is 0 Å². The SMILES string of the molecule is CNCC1CCCCC1c1ccc(F)c(C)c1. The number of aryl methyl sites for hydroxylation is 1. The molecule has 1 aromatic rings. The van der Waals surface area contributed by atoms with Crippen LogP contribution < -0.4 is 5.32 Å². The van der Waals surface area contributed by atoms with E-state index in [2.05, 4.69) is 5.32 Å². The van der Waals surface area contributed by atoms with E-state index in [1.54, 1.807) is 6.07 Å². The monoisotopic (exact) mass is 235 g/mol. The highest BCUT2D eigenvalue weighted by atomic mass is 19.1. The van der Waals surface area contributed by atoms with Crippen molar-refractivity contribution in [2.45, 2.75) is 38.5 Å². The maximum absolute atomic E-state index is 13.3. The number of hydrogen-bond acceptors (Lipinski definition) is 1. The molecular formula is C15H22FN. The van der Waals surface area contributed by atoms with E-state index in [1.807, 2.05) is 26.1 Å². The fraction of sp³-hybridized carbons (Fsp3) is 0.600. The second kappa shape index (κ2) is 5.63. The molecule has 0 radical (unpaired) electrons. The average Bonchev–Trinajstić information content (AvgIpc) is 2.34. The first-order valence-electron chi connectivity index (χ1n) is 6.63. The van der Waals surface area contributed by atoms with E-state index in [0.717, 1.165) is 12.1 Å². The van der Waals surface area contributed by atoms with E-state index >= 15 is 0 Å². The predicted molar refractivity (Wildman–Crippen MR) is 69.8 cm³/mol. The average molecular weight is 235 g/mol. The molecule has 0 aromatic heterocycles. The minimum absolute atomic E-state index is 0.0882. The Labute approximate surface area is 103 Å². The zero-order valence-electron chi connectivity index (χ0n) is 10.8. The van der Waals surface area contributed by atoms with Gasteiger partial charge in [0.15, 0.2) is 0 Å². The Kier molecular flexibility index (Phi) is 4.16. The predicted octanol–water partition coefficient (Wildman–Crippen LogP) is 3.63. The van der Waals surface area contributed by atoms with Crippen LogP contribution in [0.2, 0.25) is 0 Å². The van der Waals surface area contributed by atoms with Gasteiger partial charge in [-0.2, -0.15) is 0 Å². The van der Waals surface area contributed by atoms with Crippen molar-refractivity contribution in [2.75, 3.05) is 13.6 Å². The minimum Gasteiger partial charge on any atom is -0.319 e. The molecule has 1 fully saturated rings. The lowest BCUT2D eigenvalue weighted by atomic mass is 9.75. The summed E-state index contributed by atoms with van der Waals surface area (Å²) in [6.07, 6.45) is 5.18. The summed E-state index contributed by atoms with van der Waals surface area (Å²) in [5.74, 6) is 1.23. The van der Waals surface area contributed by atoms with E-state index in [4.69, 9.17) is 0 Å². The van der Waals surface area contributed by atoms with Gasteiger partial charge < -0.3 is 5.32 Å². The van der Waals surface area contributed by atoms with Crippen LogP contribution in [0.4, 0.5) is 4.39 Å². The molecule has 0 bridgehead atoms. The van der Waals surface area contributed by atoms with Crippen molar-refractivity contribution >= 4 is 0 Å². The van der Waals surface area contributed by atoms with Gasteiger partial charge in [-0.25, -0.2) is 4.39 Å². The summed E-state index contributed by atoms with van der Waals surface area (Å²) in [7, 11) is 2.02. The van der Waals surface area contributed by atoms with Crippen LogP contribution >= 0.6 is 0 Å². The van der Waals surface area contributed by atoms with Gasteiger partial charge >= 0.3 is 0 Å². The Morgan fingerprint density at radius 3 is 2.76 bits per heavy atom. The van der Waals surface area contributed by atoms with Gasteiger partial charge in [0.2, 0.25) is 0 Å². The molecule has 1 aliphatic rings. The molecule has 0 aliphatic heterocycles. The van der Waals surface area contributed by atoms with E-state index < -0.39 is 0 Å². The molecule has 2 heteroatoms. The quantitative estimate of drug-likeness (QED) is 0.843. The van der Waals surface area contributed by atoms with Crippen LogP contribution in [0.15, 0.2) is 18.2 Å². The zero-order chi connectivity index (χ0) is 12.3. The number of rotatable bonds is 3. The normalized spacial score (nSPS) is 24.9. The Morgan fingerprint density at radius 2 is 2.06 bits per heavy atom. The molecule has 94 valence electrons. The lowest BCUT2D eigenvalue weighted by Gasteiger charge is -2.32. The Bertz CT molecular complexity index is 373. The van der Waals surface area contributed by atoms with Crippen LogP contribution in [0, 0.1) is 18.7 Å². The standard InChI is InChI=1S/C15H22FN/c1-11-9-12(7-8-15(11)16)14-6-4-3-5-13(14)10-17-2/h7-9,13-14,17H,3-6,10H2,1-2H3. The van der Waals surface area contributed by atoms with E-state index in [0.29, 0.717) is 11.8 Å². The molecule has 17 heavy (non-hydrogen) atoms. The number of halogens is 1. The molecule has 0 spiro atoms. The first kappa shape index (κ1) is 12.6. The van der Waals surface area contributed by atoms with Crippen molar-refractivity contribution in [1.29, 1.82) is 0 Å². The van der Waals surface area contributed by atoms with E-state index in [9.17, 15) is 4.39 Å². The highest BCUT2D eigenvalue weighted by Crippen LogP contribution is 2.37. The Hall–Kier alpha value is -0.890. The first-order valence-corrected chi connectivity index (χ1v) is 6.63. The van der Waals surface area contributed by atoms with Crippen LogP contribution in [0.25, 0.3) is 0 Å². The zero-order valence-corrected chi connectivity index (χ0v) is 10.8. The molecule has 1 aromatic carbocycles. The van der Waals surface area contributed by atoms with Crippen molar-refractivity contribution < 1.29 is 4.39 Å². The van der Waals surface area contributed by atoms with Gasteiger partial charge in [-0.1, -0.05) is 25.0 Å². The summed E-state index contributed by atoms with van der Waals surface area (Å²) >= 11 is 0. The Morgan fingerprint density at radius 1 is 1.29 bits per heavy atom. The number of hydrogen-bond donors (Lipinski definition) is 1. The summed E-state index contributed by atoms with van der Waals surface area (Å²) in [5.41, 5.74) is 2.10. The fourth-order valence-electron chi connectivity index (χ4n) is 3.05. The van der Waals surface area contributed by atoms with Gasteiger partial charge in [-0.05, 0) is 62.4 Å². The fourth-order valence-corrected chi connectivity index (χ4v) is 3.05. The summed E-state index contributed by atoms with van der Waals surface area (Å²) in [5, 5.41) is 3.29. The molecule has 2 atom stereocenters. The number of benzene rings is 1. The highest BCUT2D eigenvalue weighted by Gasteiger charge is 2.26. The molecule has 1 aliphatic carbocycles. The summed E-state index contributed by atoms with van der Waals surface area (Å²) in [4.78, 5) is 0. The lowest BCUT2D eigenvalue weighted by molar-refractivity contribution is 0.301. The second-order valence-electron chi connectivity index (χ2n) is 5.22. The van der Waals surface area contributed by atoms with Crippen molar-refractivity contribution in [3.8, 4) is 0 Å². The van der Waals surface area contributed by atoms with Crippen LogP contribution in [-0.2, 0) is 0 Å². The third kappa shape index (κ3) is 2.86. The molecule has 2 rings (SSSR count). The smallest absolute Gasteiger partial charge is 0.126 e. The molecule has 2 unspecified atom stereocenters. The maximum Gasteiger partial charge on any atom is 0.126 e. The summed E-state index contributed by atoms with van der Waals surface area (Å²) in [6.45, 7) is 2.93. The third-order valence-electron chi connectivity index (χ3n) is 3.99. The molecular weight excluding hydrogens is 213 g/mol. The summed E-state index contributed by atoms with van der Waals surface area (Å²) < 4.78 is 13.3. The van der Waals surface area contributed by atoms with Crippen molar-refractivity contribution in [1.82, 2.24) is 5.32 Å². The van der Waals surface area contributed by atoms with Crippen LogP contribution in [0.3, 0.4) is 0 Å². The second-order valence-corrected chi connectivity index (χ2v) is 5.22. The van der Waals surface area contributed by atoms with Crippen LogP contribution in [0.1, 0.15) is 42.7 Å². The minimum atomic E-state index is -0.0882. The number of nitrogens with one attached hydrogen (secondary N) is 1. The Balaban J connectivity index is 2.20. The van der Waals surface area contributed by atoms with Crippen LogP contribution in [-0.4, -0.2) is 13.6 Å². The molecule has 0 amide bonds. The van der Waals surface area contributed by atoms with Gasteiger partial charge in [0.1, 0.15) is 5.82 Å².